The molecule has 0 spiro atoms. The lowest BCUT2D eigenvalue weighted by Crippen LogP contribution is -2.34. The lowest BCUT2D eigenvalue weighted by atomic mass is 10.2. The molecule has 6 heteroatoms. The quantitative estimate of drug-likeness (QED) is 0.867. The fourth-order valence-corrected chi connectivity index (χ4v) is 2.28. The van der Waals surface area contributed by atoms with Crippen LogP contribution in [0.15, 0.2) is 10.7 Å². The second-order valence-corrected chi connectivity index (χ2v) is 5.92. The molecule has 2 heterocycles. The van der Waals surface area contributed by atoms with Crippen molar-refractivity contribution in [3.05, 3.63) is 16.4 Å². The van der Waals surface area contributed by atoms with E-state index in [0.29, 0.717) is 0 Å². The van der Waals surface area contributed by atoms with Crippen LogP contribution in [0, 0.1) is 0 Å². The zero-order valence-corrected chi connectivity index (χ0v) is 11.7. The van der Waals surface area contributed by atoms with E-state index in [1.807, 2.05) is 31.5 Å². The predicted octanol–water partition coefficient (Wildman–Crippen LogP) is 2.62. The van der Waals surface area contributed by atoms with Gasteiger partial charge in [0.05, 0.1) is 11.7 Å². The molecule has 0 aliphatic carbocycles. The summed E-state index contributed by atoms with van der Waals surface area (Å²) in [5, 5.41) is 7.13. The summed E-state index contributed by atoms with van der Waals surface area (Å²) in [6, 6.07) is 1.92. The van der Waals surface area contributed by atoms with Gasteiger partial charge in [0, 0.05) is 6.54 Å². The van der Waals surface area contributed by atoms with Crippen LogP contribution in [0.2, 0.25) is 0 Å². The highest BCUT2D eigenvalue weighted by atomic mass is 79.9. The van der Waals surface area contributed by atoms with Gasteiger partial charge in [0.1, 0.15) is 10.2 Å². The van der Waals surface area contributed by atoms with E-state index in [0.717, 1.165) is 23.3 Å². The topological polar surface area (TPSA) is 56.1 Å². The normalized spacial score (nSPS) is 18.9. The summed E-state index contributed by atoms with van der Waals surface area (Å²) < 4.78 is 7.92. The van der Waals surface area contributed by atoms with Gasteiger partial charge in [-0.05, 0) is 49.2 Å². The highest BCUT2D eigenvalue weighted by Gasteiger charge is 2.27. The molecule has 0 radical (unpaired) electrons. The standard InChI is InChI=1S/C11H16BrN3O2/c1-11(2,3)17-10(16)13-7-4-5-15-8(7)6-9(12)14-15/h6-7H,4-5H2,1-3H3,(H,13,16)/t7-/m0/s1. The molecule has 1 N–H and O–H groups in total. The number of carbonyl (C=O) groups is 1. The Bertz CT molecular complexity index is 436. The summed E-state index contributed by atoms with van der Waals surface area (Å²) in [5.74, 6) is 0. The molecule has 0 aromatic carbocycles. The van der Waals surface area contributed by atoms with Crippen LogP contribution >= 0.6 is 15.9 Å². The largest absolute Gasteiger partial charge is 0.444 e. The number of fused-ring (bicyclic) bond motifs is 1. The highest BCUT2D eigenvalue weighted by Crippen LogP contribution is 2.27. The number of rotatable bonds is 1. The Balaban J connectivity index is 1.99. The minimum Gasteiger partial charge on any atom is -0.444 e. The van der Waals surface area contributed by atoms with Gasteiger partial charge in [0.25, 0.3) is 0 Å². The van der Waals surface area contributed by atoms with Crippen molar-refractivity contribution in [1.29, 1.82) is 0 Å². The Kier molecular flexibility index (Phi) is 3.16. The first-order valence-corrected chi connectivity index (χ1v) is 6.37. The van der Waals surface area contributed by atoms with Gasteiger partial charge in [-0.3, -0.25) is 4.68 Å². The number of alkyl carbamates (subject to hydrolysis) is 1. The Hall–Kier alpha value is -1.04. The average Bonchev–Trinajstić information content (AvgIpc) is 2.63. The number of amides is 1. The summed E-state index contributed by atoms with van der Waals surface area (Å²) >= 11 is 3.32. The van der Waals surface area contributed by atoms with Crippen molar-refractivity contribution >= 4 is 22.0 Å². The van der Waals surface area contributed by atoms with Crippen molar-refractivity contribution in [2.45, 2.75) is 45.4 Å². The molecule has 1 amide bonds. The van der Waals surface area contributed by atoms with E-state index in [-0.39, 0.29) is 12.1 Å². The molecule has 1 aromatic heterocycles. The van der Waals surface area contributed by atoms with Gasteiger partial charge in [-0.1, -0.05) is 0 Å². The number of carbonyl (C=O) groups excluding carboxylic acids is 1. The number of nitrogens with one attached hydrogen (secondary N) is 1. The zero-order valence-electron chi connectivity index (χ0n) is 10.2. The van der Waals surface area contributed by atoms with Gasteiger partial charge < -0.3 is 10.1 Å². The Morgan fingerprint density at radius 1 is 1.65 bits per heavy atom. The number of ether oxygens (including phenoxy) is 1. The zero-order chi connectivity index (χ0) is 12.6. The molecule has 1 aromatic rings. The van der Waals surface area contributed by atoms with Gasteiger partial charge >= 0.3 is 6.09 Å². The third-order valence-corrected chi connectivity index (χ3v) is 2.85. The van der Waals surface area contributed by atoms with Gasteiger partial charge in [-0.15, -0.1) is 0 Å². The molecule has 1 atom stereocenters. The lowest BCUT2D eigenvalue weighted by molar-refractivity contribution is 0.0503. The number of hydrogen-bond acceptors (Lipinski definition) is 3. The van der Waals surface area contributed by atoms with Gasteiger partial charge in [0.2, 0.25) is 0 Å². The average molecular weight is 302 g/mol. The first-order valence-electron chi connectivity index (χ1n) is 5.58. The van der Waals surface area contributed by atoms with Crippen molar-refractivity contribution in [3.63, 3.8) is 0 Å². The maximum atomic E-state index is 11.7. The van der Waals surface area contributed by atoms with Crippen molar-refractivity contribution in [2.75, 3.05) is 0 Å². The summed E-state index contributed by atoms with van der Waals surface area (Å²) in [6.45, 7) is 6.37. The van der Waals surface area contributed by atoms with Crippen molar-refractivity contribution in [1.82, 2.24) is 15.1 Å². The number of aromatic nitrogens is 2. The molecule has 0 bridgehead atoms. The summed E-state index contributed by atoms with van der Waals surface area (Å²) in [5.41, 5.74) is 0.548. The minimum absolute atomic E-state index is 0.0105. The van der Waals surface area contributed by atoms with E-state index >= 15 is 0 Å². The van der Waals surface area contributed by atoms with Crippen LogP contribution in [-0.2, 0) is 11.3 Å². The minimum atomic E-state index is -0.469. The van der Waals surface area contributed by atoms with E-state index in [9.17, 15) is 4.79 Å². The molecule has 0 unspecified atom stereocenters. The molecule has 17 heavy (non-hydrogen) atoms. The van der Waals surface area contributed by atoms with E-state index in [1.54, 1.807) is 0 Å². The maximum Gasteiger partial charge on any atom is 0.408 e. The van der Waals surface area contributed by atoms with E-state index < -0.39 is 5.60 Å². The smallest absolute Gasteiger partial charge is 0.408 e. The lowest BCUT2D eigenvalue weighted by Gasteiger charge is -2.21. The van der Waals surface area contributed by atoms with Crippen molar-refractivity contribution in [2.24, 2.45) is 0 Å². The predicted molar refractivity (Wildman–Crippen MR) is 66.7 cm³/mol. The fraction of sp³-hybridized carbons (Fsp3) is 0.636. The van der Waals surface area contributed by atoms with Crippen LogP contribution in [0.1, 0.15) is 38.9 Å². The van der Waals surface area contributed by atoms with E-state index in [4.69, 9.17) is 4.74 Å². The molecule has 1 aliphatic rings. The molecular formula is C11H16BrN3O2. The van der Waals surface area contributed by atoms with Crippen LogP contribution in [0.25, 0.3) is 0 Å². The summed E-state index contributed by atoms with van der Waals surface area (Å²) in [6.07, 6.45) is 0.475. The van der Waals surface area contributed by atoms with Crippen LogP contribution in [0.3, 0.4) is 0 Å². The van der Waals surface area contributed by atoms with E-state index in [1.165, 1.54) is 0 Å². The first-order chi connectivity index (χ1) is 7.85. The highest BCUT2D eigenvalue weighted by molar-refractivity contribution is 9.10. The van der Waals surface area contributed by atoms with Gasteiger partial charge in [-0.25, -0.2) is 4.79 Å². The Labute approximate surface area is 109 Å². The van der Waals surface area contributed by atoms with Gasteiger partial charge in [-0.2, -0.15) is 5.10 Å². The van der Waals surface area contributed by atoms with Crippen LogP contribution < -0.4 is 5.32 Å². The Morgan fingerprint density at radius 3 is 3.00 bits per heavy atom. The summed E-state index contributed by atoms with van der Waals surface area (Å²) in [7, 11) is 0. The second kappa shape index (κ2) is 4.33. The second-order valence-electron chi connectivity index (χ2n) is 5.10. The monoisotopic (exact) mass is 301 g/mol. The molecule has 1 aliphatic heterocycles. The molecule has 0 saturated carbocycles. The van der Waals surface area contributed by atoms with Crippen molar-refractivity contribution < 1.29 is 9.53 Å². The number of aryl methyl sites for hydroxylation is 1. The molecule has 2 rings (SSSR count). The Morgan fingerprint density at radius 2 is 2.35 bits per heavy atom. The fourth-order valence-electron chi connectivity index (χ4n) is 1.85. The van der Waals surface area contributed by atoms with Crippen LogP contribution in [0.5, 0.6) is 0 Å². The SMILES string of the molecule is CC(C)(C)OC(=O)N[C@H]1CCn2nc(Br)cc21. The number of hydrogen-bond donors (Lipinski definition) is 1. The first kappa shape index (κ1) is 12.4. The molecular weight excluding hydrogens is 286 g/mol. The number of nitrogens with zero attached hydrogens (tertiary/aromatic N) is 2. The maximum absolute atomic E-state index is 11.7. The molecule has 0 saturated heterocycles. The number of halogens is 1. The molecule has 0 fully saturated rings. The third-order valence-electron chi connectivity index (χ3n) is 2.46. The third kappa shape index (κ3) is 3.00. The van der Waals surface area contributed by atoms with Gasteiger partial charge in [0.15, 0.2) is 0 Å². The van der Waals surface area contributed by atoms with Crippen LogP contribution in [0.4, 0.5) is 4.79 Å². The van der Waals surface area contributed by atoms with E-state index in [2.05, 4.69) is 26.3 Å². The van der Waals surface area contributed by atoms with Crippen molar-refractivity contribution in [3.8, 4) is 0 Å². The summed E-state index contributed by atoms with van der Waals surface area (Å²) in [4.78, 5) is 11.7. The molecule has 94 valence electrons. The van der Waals surface area contributed by atoms with Crippen LogP contribution in [-0.4, -0.2) is 21.5 Å². The molecule has 5 nitrogen and oxygen atoms in total.